The molecule has 1 aliphatic carbocycles. The van der Waals surface area contributed by atoms with Gasteiger partial charge in [0.05, 0.1) is 17.3 Å². The molecule has 1 aliphatic rings. The fraction of sp³-hybridized carbons (Fsp3) is 0.389. The van der Waals surface area contributed by atoms with Gasteiger partial charge in [-0.05, 0) is 18.9 Å². The van der Waals surface area contributed by atoms with E-state index >= 15 is 0 Å². The van der Waals surface area contributed by atoms with Crippen LogP contribution in [-0.2, 0) is 0 Å². The van der Waals surface area contributed by atoms with Gasteiger partial charge in [-0.25, -0.2) is 19.3 Å². The Morgan fingerprint density at radius 2 is 2.12 bits per heavy atom. The number of aliphatic hydroxyl groups excluding tert-OH is 1. The second kappa shape index (κ2) is 7.17. The number of aliphatic hydroxyl groups is 1. The summed E-state index contributed by atoms with van der Waals surface area (Å²) in [6.07, 6.45) is 7.95. The molecule has 3 aromatic rings. The molecule has 1 saturated carbocycles. The predicted molar refractivity (Wildman–Crippen MR) is 98.5 cm³/mol. The third-order valence-electron chi connectivity index (χ3n) is 4.88. The highest BCUT2D eigenvalue weighted by atomic mass is 35.5. The average Bonchev–Trinajstić information content (AvgIpc) is 3.05. The Balaban J connectivity index is 1.60. The maximum absolute atomic E-state index is 14.1. The van der Waals surface area contributed by atoms with Gasteiger partial charge in [-0.3, -0.25) is 0 Å². The van der Waals surface area contributed by atoms with Gasteiger partial charge in [0.2, 0.25) is 0 Å². The highest BCUT2D eigenvalue weighted by molar-refractivity contribution is 6.31. The fourth-order valence-electron chi connectivity index (χ4n) is 3.44. The number of halogens is 2. The summed E-state index contributed by atoms with van der Waals surface area (Å²) in [4.78, 5) is 15.7. The minimum absolute atomic E-state index is 0.109. The van der Waals surface area contributed by atoms with Crippen LogP contribution in [0.2, 0.25) is 5.02 Å². The van der Waals surface area contributed by atoms with Crippen LogP contribution in [0.1, 0.15) is 25.7 Å². The van der Waals surface area contributed by atoms with Crippen LogP contribution in [0.15, 0.2) is 24.7 Å². The summed E-state index contributed by atoms with van der Waals surface area (Å²) in [6, 6.07) is 1.77. The van der Waals surface area contributed by atoms with E-state index in [4.69, 9.17) is 11.6 Å². The maximum Gasteiger partial charge on any atom is 0.183 e. The van der Waals surface area contributed by atoms with Crippen LogP contribution < -0.4 is 5.32 Å². The molecule has 3 aromatic heterocycles. The van der Waals surface area contributed by atoms with Crippen LogP contribution in [0.5, 0.6) is 0 Å². The van der Waals surface area contributed by atoms with Crippen molar-refractivity contribution in [3.63, 3.8) is 0 Å². The highest BCUT2D eigenvalue weighted by Crippen LogP contribution is 2.29. The summed E-state index contributed by atoms with van der Waals surface area (Å²) in [7, 11) is 0. The van der Waals surface area contributed by atoms with Crippen molar-refractivity contribution in [2.75, 3.05) is 11.9 Å². The molecule has 4 rings (SSSR count). The lowest BCUT2D eigenvalue weighted by atomic mass is 9.86. The van der Waals surface area contributed by atoms with Gasteiger partial charge in [-0.2, -0.15) is 0 Å². The second-order valence-electron chi connectivity index (χ2n) is 6.63. The molecular weight excluding hydrogens is 357 g/mol. The zero-order valence-electron chi connectivity index (χ0n) is 14.0. The number of anilines is 1. The third-order valence-corrected chi connectivity index (χ3v) is 5.09. The van der Waals surface area contributed by atoms with Crippen molar-refractivity contribution in [2.24, 2.45) is 5.92 Å². The molecule has 0 radical (unpaired) electrons. The Bertz CT molecular complexity index is 931. The van der Waals surface area contributed by atoms with Gasteiger partial charge < -0.3 is 15.4 Å². The van der Waals surface area contributed by atoms with Gasteiger partial charge in [0, 0.05) is 35.8 Å². The van der Waals surface area contributed by atoms with Gasteiger partial charge in [0.1, 0.15) is 5.65 Å². The van der Waals surface area contributed by atoms with Crippen molar-refractivity contribution in [3.05, 3.63) is 35.5 Å². The molecule has 3 N–H and O–H groups in total. The van der Waals surface area contributed by atoms with E-state index in [1.165, 1.54) is 0 Å². The monoisotopic (exact) mass is 375 g/mol. The zero-order valence-corrected chi connectivity index (χ0v) is 14.8. The number of nitrogens with one attached hydrogen (secondary N) is 2. The summed E-state index contributed by atoms with van der Waals surface area (Å²) in [5, 5.41) is 14.4. The van der Waals surface area contributed by atoms with E-state index < -0.39 is 5.82 Å². The number of pyridine rings is 1. The van der Waals surface area contributed by atoms with Crippen molar-refractivity contribution in [3.8, 4) is 11.4 Å². The van der Waals surface area contributed by atoms with Crippen LogP contribution >= 0.6 is 11.6 Å². The Hall–Kier alpha value is -2.25. The van der Waals surface area contributed by atoms with Crippen molar-refractivity contribution in [1.82, 2.24) is 19.9 Å². The molecular formula is C18H19ClFN5O. The molecule has 1 unspecified atom stereocenters. The van der Waals surface area contributed by atoms with E-state index in [0.717, 1.165) is 37.3 Å². The van der Waals surface area contributed by atoms with E-state index in [1.54, 1.807) is 18.5 Å². The molecule has 0 bridgehead atoms. The van der Waals surface area contributed by atoms with Crippen LogP contribution in [0.3, 0.4) is 0 Å². The third kappa shape index (κ3) is 3.37. The Morgan fingerprint density at radius 1 is 1.27 bits per heavy atom. The van der Waals surface area contributed by atoms with Gasteiger partial charge >= 0.3 is 0 Å². The van der Waals surface area contributed by atoms with E-state index in [-0.39, 0.29) is 17.8 Å². The molecule has 0 spiro atoms. The molecule has 8 heteroatoms. The number of H-pyrrole nitrogens is 1. The largest absolute Gasteiger partial charge is 0.393 e. The molecule has 26 heavy (non-hydrogen) atoms. The van der Waals surface area contributed by atoms with Crippen LogP contribution in [0, 0.1) is 11.7 Å². The standard InChI is InChI=1S/C18H19ClFN5O/c19-11-5-12-13(8-23-16(12)22-7-11)17-24-9-14(20)18(25-17)21-6-10-3-1-2-4-15(10)26/h5,7-10,15,26H,1-4,6H2,(H,22,23)(H,21,24,25)/t10-,15?/m1/s1. The summed E-state index contributed by atoms with van der Waals surface area (Å²) in [5.74, 6) is 0.109. The number of hydrogen-bond donors (Lipinski definition) is 3. The SMILES string of the molecule is OC1CCCC[C@@H]1CNc1nc(-c2c[nH]c3ncc(Cl)cc23)ncc1F. The first-order valence-electron chi connectivity index (χ1n) is 8.69. The minimum Gasteiger partial charge on any atom is -0.393 e. The Labute approximate surface area is 154 Å². The highest BCUT2D eigenvalue weighted by Gasteiger charge is 2.23. The topological polar surface area (TPSA) is 86.7 Å². The first-order chi connectivity index (χ1) is 12.6. The summed E-state index contributed by atoms with van der Waals surface area (Å²) >= 11 is 6.03. The molecule has 0 saturated heterocycles. The van der Waals surface area contributed by atoms with E-state index in [9.17, 15) is 9.50 Å². The van der Waals surface area contributed by atoms with E-state index in [0.29, 0.717) is 28.6 Å². The van der Waals surface area contributed by atoms with Crippen molar-refractivity contribution >= 4 is 28.5 Å². The first kappa shape index (κ1) is 17.2. The smallest absolute Gasteiger partial charge is 0.183 e. The number of rotatable bonds is 4. The fourth-order valence-corrected chi connectivity index (χ4v) is 3.60. The van der Waals surface area contributed by atoms with E-state index in [2.05, 4.69) is 25.3 Å². The quantitative estimate of drug-likeness (QED) is 0.646. The van der Waals surface area contributed by atoms with Gasteiger partial charge in [-0.1, -0.05) is 24.4 Å². The predicted octanol–water partition coefficient (Wildman–Crippen LogP) is 3.78. The molecule has 136 valence electrons. The average molecular weight is 376 g/mol. The summed E-state index contributed by atoms with van der Waals surface area (Å²) in [5.41, 5.74) is 1.37. The number of hydrogen-bond acceptors (Lipinski definition) is 5. The molecule has 1 fully saturated rings. The maximum atomic E-state index is 14.1. The number of nitrogens with zero attached hydrogens (tertiary/aromatic N) is 3. The second-order valence-corrected chi connectivity index (χ2v) is 7.07. The van der Waals surface area contributed by atoms with Gasteiger partial charge in [0.15, 0.2) is 17.5 Å². The number of aromatic amines is 1. The van der Waals surface area contributed by atoms with Crippen molar-refractivity contribution < 1.29 is 9.50 Å². The van der Waals surface area contributed by atoms with E-state index in [1.807, 2.05) is 0 Å². The molecule has 3 heterocycles. The lowest BCUT2D eigenvalue weighted by molar-refractivity contribution is 0.0762. The Kier molecular flexibility index (Phi) is 4.74. The summed E-state index contributed by atoms with van der Waals surface area (Å²) < 4.78 is 14.1. The zero-order chi connectivity index (χ0) is 18.1. The molecule has 0 aromatic carbocycles. The number of fused-ring (bicyclic) bond motifs is 1. The minimum atomic E-state index is -0.518. The normalized spacial score (nSPS) is 20.4. The van der Waals surface area contributed by atoms with Crippen molar-refractivity contribution in [2.45, 2.75) is 31.8 Å². The van der Waals surface area contributed by atoms with Gasteiger partial charge in [0.25, 0.3) is 0 Å². The molecule has 0 amide bonds. The lowest BCUT2D eigenvalue weighted by Gasteiger charge is -2.27. The van der Waals surface area contributed by atoms with Crippen molar-refractivity contribution in [1.29, 1.82) is 0 Å². The van der Waals surface area contributed by atoms with Crippen LogP contribution in [0.25, 0.3) is 22.4 Å². The van der Waals surface area contributed by atoms with Crippen LogP contribution in [-0.4, -0.2) is 37.7 Å². The first-order valence-corrected chi connectivity index (χ1v) is 9.07. The lowest BCUT2D eigenvalue weighted by Crippen LogP contribution is -2.30. The summed E-state index contributed by atoms with van der Waals surface area (Å²) in [6.45, 7) is 0.482. The number of aromatic nitrogens is 4. The molecule has 0 aliphatic heterocycles. The molecule has 2 atom stereocenters. The molecule has 6 nitrogen and oxygen atoms in total. The van der Waals surface area contributed by atoms with Gasteiger partial charge in [-0.15, -0.1) is 0 Å². The van der Waals surface area contributed by atoms with Crippen LogP contribution in [0.4, 0.5) is 10.2 Å². The Morgan fingerprint density at radius 3 is 2.96 bits per heavy atom.